The van der Waals surface area contributed by atoms with Crippen LogP contribution in [0.4, 0.5) is 0 Å². The minimum atomic E-state index is 0.0377. The lowest BCUT2D eigenvalue weighted by atomic mass is 10.2. The van der Waals surface area contributed by atoms with Gasteiger partial charge in [-0.2, -0.15) is 0 Å². The van der Waals surface area contributed by atoms with Gasteiger partial charge in [-0.25, -0.2) is 0 Å². The standard InChI is InChI=1S/C14H21ClN2O/c1-3-12(4-2)17-14(18)10-16-9-11-7-5-6-8-13(11)15/h5-8,12,16H,3-4,9-10H2,1-2H3,(H,17,18). The molecule has 0 aliphatic carbocycles. The van der Waals surface area contributed by atoms with Gasteiger partial charge in [-0.15, -0.1) is 0 Å². The molecule has 0 aromatic heterocycles. The van der Waals surface area contributed by atoms with Gasteiger partial charge in [-0.3, -0.25) is 4.79 Å². The molecule has 0 unspecified atom stereocenters. The van der Waals surface area contributed by atoms with Crippen LogP contribution < -0.4 is 10.6 Å². The van der Waals surface area contributed by atoms with Gasteiger partial charge in [-0.1, -0.05) is 43.6 Å². The van der Waals surface area contributed by atoms with Crippen LogP contribution in [0.25, 0.3) is 0 Å². The number of amides is 1. The first-order valence-electron chi connectivity index (χ1n) is 6.40. The third kappa shape index (κ3) is 5.07. The Morgan fingerprint density at radius 1 is 1.28 bits per heavy atom. The van der Waals surface area contributed by atoms with Crippen molar-refractivity contribution in [2.45, 2.75) is 39.3 Å². The van der Waals surface area contributed by atoms with Crippen molar-refractivity contribution in [3.63, 3.8) is 0 Å². The van der Waals surface area contributed by atoms with E-state index < -0.39 is 0 Å². The first kappa shape index (κ1) is 15.0. The van der Waals surface area contributed by atoms with E-state index in [1.807, 2.05) is 24.3 Å². The number of hydrogen-bond acceptors (Lipinski definition) is 2. The molecule has 0 heterocycles. The van der Waals surface area contributed by atoms with Gasteiger partial charge in [0.25, 0.3) is 0 Å². The van der Waals surface area contributed by atoms with Crippen molar-refractivity contribution in [2.24, 2.45) is 0 Å². The second kappa shape index (κ2) is 8.11. The van der Waals surface area contributed by atoms with Crippen LogP contribution in [0.3, 0.4) is 0 Å². The topological polar surface area (TPSA) is 41.1 Å². The second-order valence-corrected chi connectivity index (χ2v) is 4.68. The van der Waals surface area contributed by atoms with Gasteiger partial charge in [0.2, 0.25) is 5.91 Å². The van der Waals surface area contributed by atoms with Crippen LogP contribution in [0.2, 0.25) is 5.02 Å². The molecule has 0 spiro atoms. The van der Waals surface area contributed by atoms with Crippen LogP contribution >= 0.6 is 11.6 Å². The van der Waals surface area contributed by atoms with E-state index >= 15 is 0 Å². The van der Waals surface area contributed by atoms with Crippen molar-refractivity contribution in [2.75, 3.05) is 6.54 Å². The van der Waals surface area contributed by atoms with E-state index in [4.69, 9.17) is 11.6 Å². The van der Waals surface area contributed by atoms with E-state index in [0.29, 0.717) is 13.1 Å². The highest BCUT2D eigenvalue weighted by Crippen LogP contribution is 2.13. The van der Waals surface area contributed by atoms with Crippen LogP contribution in [0, 0.1) is 0 Å². The quantitative estimate of drug-likeness (QED) is 0.798. The number of nitrogens with one attached hydrogen (secondary N) is 2. The molecule has 0 bridgehead atoms. The molecule has 0 fully saturated rings. The largest absolute Gasteiger partial charge is 0.352 e. The molecular formula is C14H21ClN2O. The Balaban J connectivity index is 2.29. The highest BCUT2D eigenvalue weighted by molar-refractivity contribution is 6.31. The molecule has 1 rings (SSSR count). The Hall–Kier alpha value is -1.06. The van der Waals surface area contributed by atoms with Gasteiger partial charge < -0.3 is 10.6 Å². The fourth-order valence-electron chi connectivity index (χ4n) is 1.72. The number of halogens is 1. The maximum atomic E-state index is 11.6. The van der Waals surface area contributed by atoms with E-state index in [2.05, 4.69) is 24.5 Å². The molecular weight excluding hydrogens is 248 g/mol. The minimum absolute atomic E-state index is 0.0377. The monoisotopic (exact) mass is 268 g/mol. The molecule has 1 amide bonds. The number of carbonyl (C=O) groups excluding carboxylic acids is 1. The van der Waals surface area contributed by atoms with E-state index in [1.54, 1.807) is 0 Å². The normalized spacial score (nSPS) is 10.7. The fraction of sp³-hybridized carbons (Fsp3) is 0.500. The molecule has 0 saturated carbocycles. The SMILES string of the molecule is CCC(CC)NC(=O)CNCc1ccccc1Cl. The van der Waals surface area contributed by atoms with Crippen molar-refractivity contribution in [1.29, 1.82) is 0 Å². The van der Waals surface area contributed by atoms with Crippen LogP contribution in [-0.2, 0) is 11.3 Å². The zero-order chi connectivity index (χ0) is 13.4. The van der Waals surface area contributed by atoms with E-state index in [0.717, 1.165) is 23.4 Å². The Morgan fingerprint density at radius 2 is 1.94 bits per heavy atom. The number of rotatable bonds is 7. The summed E-state index contributed by atoms with van der Waals surface area (Å²) in [6.07, 6.45) is 1.93. The van der Waals surface area contributed by atoms with Gasteiger partial charge in [0.1, 0.15) is 0 Å². The zero-order valence-corrected chi connectivity index (χ0v) is 11.8. The third-order valence-corrected chi connectivity index (χ3v) is 3.28. The molecule has 0 aliphatic rings. The summed E-state index contributed by atoms with van der Waals surface area (Å²) in [5.74, 6) is 0.0377. The Morgan fingerprint density at radius 3 is 2.56 bits per heavy atom. The fourth-order valence-corrected chi connectivity index (χ4v) is 1.93. The molecule has 3 nitrogen and oxygen atoms in total. The first-order chi connectivity index (χ1) is 8.67. The maximum Gasteiger partial charge on any atom is 0.234 e. The van der Waals surface area contributed by atoms with Crippen LogP contribution in [0.1, 0.15) is 32.3 Å². The highest BCUT2D eigenvalue weighted by Gasteiger charge is 2.07. The molecule has 1 aromatic carbocycles. The summed E-state index contributed by atoms with van der Waals surface area (Å²) >= 11 is 6.03. The minimum Gasteiger partial charge on any atom is -0.352 e. The smallest absolute Gasteiger partial charge is 0.234 e. The van der Waals surface area contributed by atoms with Crippen molar-refractivity contribution in [1.82, 2.24) is 10.6 Å². The van der Waals surface area contributed by atoms with Gasteiger partial charge >= 0.3 is 0 Å². The second-order valence-electron chi connectivity index (χ2n) is 4.28. The summed E-state index contributed by atoms with van der Waals surface area (Å²) in [5.41, 5.74) is 1.01. The number of carbonyl (C=O) groups is 1. The Labute approximate surface area is 114 Å². The van der Waals surface area contributed by atoms with Crippen LogP contribution in [-0.4, -0.2) is 18.5 Å². The molecule has 100 valence electrons. The third-order valence-electron chi connectivity index (χ3n) is 2.91. The average Bonchev–Trinajstić information content (AvgIpc) is 2.38. The van der Waals surface area contributed by atoms with Crippen LogP contribution in [0.5, 0.6) is 0 Å². The van der Waals surface area contributed by atoms with Crippen LogP contribution in [0.15, 0.2) is 24.3 Å². The molecule has 4 heteroatoms. The van der Waals surface area contributed by atoms with Crippen molar-refractivity contribution in [3.8, 4) is 0 Å². The first-order valence-corrected chi connectivity index (χ1v) is 6.78. The van der Waals surface area contributed by atoms with Crippen molar-refractivity contribution in [3.05, 3.63) is 34.9 Å². The highest BCUT2D eigenvalue weighted by atomic mass is 35.5. The molecule has 0 saturated heterocycles. The van der Waals surface area contributed by atoms with Gasteiger partial charge in [0.05, 0.1) is 6.54 Å². The molecule has 0 atom stereocenters. The van der Waals surface area contributed by atoms with Crippen molar-refractivity contribution >= 4 is 17.5 Å². The molecule has 2 N–H and O–H groups in total. The van der Waals surface area contributed by atoms with Gasteiger partial charge in [0.15, 0.2) is 0 Å². The average molecular weight is 269 g/mol. The predicted octanol–water partition coefficient (Wildman–Crippen LogP) is 2.73. The number of benzene rings is 1. The summed E-state index contributed by atoms with van der Waals surface area (Å²) in [6.45, 7) is 5.08. The summed E-state index contributed by atoms with van der Waals surface area (Å²) in [4.78, 5) is 11.6. The maximum absolute atomic E-state index is 11.6. The zero-order valence-electron chi connectivity index (χ0n) is 11.0. The van der Waals surface area contributed by atoms with Gasteiger partial charge in [0, 0.05) is 17.6 Å². The predicted molar refractivity (Wildman–Crippen MR) is 75.7 cm³/mol. The number of hydrogen-bond donors (Lipinski definition) is 2. The summed E-state index contributed by atoms with van der Waals surface area (Å²) < 4.78 is 0. The van der Waals surface area contributed by atoms with E-state index in [-0.39, 0.29) is 11.9 Å². The Kier molecular flexibility index (Phi) is 6.76. The van der Waals surface area contributed by atoms with Crippen molar-refractivity contribution < 1.29 is 4.79 Å². The summed E-state index contributed by atoms with van der Waals surface area (Å²) in [5, 5.41) is 6.81. The molecule has 1 aromatic rings. The molecule has 0 radical (unpaired) electrons. The van der Waals surface area contributed by atoms with Gasteiger partial charge in [-0.05, 0) is 24.5 Å². The molecule has 18 heavy (non-hydrogen) atoms. The summed E-state index contributed by atoms with van der Waals surface area (Å²) in [7, 11) is 0. The van der Waals surface area contributed by atoms with E-state index in [1.165, 1.54) is 0 Å². The Bertz CT molecular complexity index is 378. The molecule has 0 aliphatic heterocycles. The van der Waals surface area contributed by atoms with E-state index in [9.17, 15) is 4.79 Å². The summed E-state index contributed by atoms with van der Waals surface area (Å²) in [6, 6.07) is 7.91. The lowest BCUT2D eigenvalue weighted by Crippen LogP contribution is -2.39. The lowest BCUT2D eigenvalue weighted by molar-refractivity contribution is -0.121. The lowest BCUT2D eigenvalue weighted by Gasteiger charge is -2.15.